The van der Waals surface area contributed by atoms with Gasteiger partial charge in [-0.05, 0) is 17.7 Å². The lowest BCUT2D eigenvalue weighted by atomic mass is 9.82. The van der Waals surface area contributed by atoms with Gasteiger partial charge in [-0.15, -0.1) is 0 Å². The Morgan fingerprint density at radius 2 is 2.25 bits per heavy atom. The van der Waals surface area contributed by atoms with E-state index < -0.39 is 0 Å². The van der Waals surface area contributed by atoms with Crippen molar-refractivity contribution in [1.82, 2.24) is 4.90 Å². The Labute approximate surface area is 104 Å². The zero-order valence-corrected chi connectivity index (χ0v) is 11.0. The molecule has 0 aliphatic carbocycles. The largest absolute Gasteiger partial charge is 0.448 e. The number of amides is 1. The normalized spacial score (nSPS) is 25.4. The molecule has 1 unspecified atom stereocenters. The number of carbonyl (C=O) groups excluding carboxylic acids is 1. The third-order valence-electron chi connectivity index (χ3n) is 2.93. The Morgan fingerprint density at radius 3 is 2.88 bits per heavy atom. The van der Waals surface area contributed by atoms with E-state index in [-0.39, 0.29) is 11.5 Å². The van der Waals surface area contributed by atoms with E-state index in [1.54, 1.807) is 11.9 Å². The molecule has 1 aromatic rings. The minimum absolute atomic E-state index is 0.133. The zero-order chi connectivity index (χ0) is 11.8. The number of halogens is 1. The average Bonchev–Trinajstić information content (AvgIpc) is 2.24. The van der Waals surface area contributed by atoms with Crippen LogP contribution in [0.15, 0.2) is 28.7 Å². The SMILES string of the molecule is CN1CC(C)(c2cccc(Br)c2)COC1=O. The van der Waals surface area contributed by atoms with E-state index in [0.29, 0.717) is 13.2 Å². The molecular weight excluding hydrogens is 270 g/mol. The monoisotopic (exact) mass is 283 g/mol. The van der Waals surface area contributed by atoms with Crippen LogP contribution in [0.4, 0.5) is 4.79 Å². The quantitative estimate of drug-likeness (QED) is 0.793. The van der Waals surface area contributed by atoms with Crippen molar-refractivity contribution in [3.63, 3.8) is 0 Å². The first-order chi connectivity index (χ1) is 7.51. The summed E-state index contributed by atoms with van der Waals surface area (Å²) in [6.07, 6.45) is -0.243. The number of hydrogen-bond acceptors (Lipinski definition) is 2. The van der Waals surface area contributed by atoms with Gasteiger partial charge < -0.3 is 9.64 Å². The lowest BCUT2D eigenvalue weighted by Gasteiger charge is -2.38. The van der Waals surface area contributed by atoms with E-state index in [9.17, 15) is 4.79 Å². The van der Waals surface area contributed by atoms with Crippen LogP contribution in [-0.4, -0.2) is 31.2 Å². The molecule has 1 saturated heterocycles. The Balaban J connectivity index is 2.29. The number of benzene rings is 1. The third-order valence-corrected chi connectivity index (χ3v) is 3.43. The van der Waals surface area contributed by atoms with Crippen molar-refractivity contribution in [2.45, 2.75) is 12.3 Å². The summed E-state index contributed by atoms with van der Waals surface area (Å²) < 4.78 is 6.22. The molecule has 4 heteroatoms. The van der Waals surface area contributed by atoms with E-state index in [1.165, 1.54) is 5.56 Å². The van der Waals surface area contributed by atoms with Gasteiger partial charge in [-0.25, -0.2) is 4.79 Å². The number of rotatable bonds is 1. The van der Waals surface area contributed by atoms with Gasteiger partial charge in [0, 0.05) is 23.5 Å². The Bertz CT molecular complexity index is 421. The van der Waals surface area contributed by atoms with Crippen LogP contribution in [0.1, 0.15) is 12.5 Å². The number of ether oxygens (including phenoxy) is 1. The minimum atomic E-state index is -0.243. The molecule has 0 saturated carbocycles. The van der Waals surface area contributed by atoms with Crippen LogP contribution in [0.2, 0.25) is 0 Å². The van der Waals surface area contributed by atoms with Crippen LogP contribution < -0.4 is 0 Å². The number of nitrogens with zero attached hydrogens (tertiary/aromatic N) is 1. The topological polar surface area (TPSA) is 29.5 Å². The van der Waals surface area contributed by atoms with Crippen LogP contribution in [0.5, 0.6) is 0 Å². The zero-order valence-electron chi connectivity index (χ0n) is 9.37. The second-order valence-corrected chi connectivity index (χ2v) is 5.40. The number of hydrogen-bond donors (Lipinski definition) is 0. The van der Waals surface area contributed by atoms with Crippen LogP contribution in [0.25, 0.3) is 0 Å². The molecular formula is C12H14BrNO2. The van der Waals surface area contributed by atoms with Crippen molar-refractivity contribution < 1.29 is 9.53 Å². The maximum absolute atomic E-state index is 11.3. The molecule has 16 heavy (non-hydrogen) atoms. The van der Waals surface area contributed by atoms with Crippen molar-refractivity contribution >= 4 is 22.0 Å². The standard InChI is InChI=1S/C12H14BrNO2/c1-12(7-14(2)11(15)16-8-12)9-4-3-5-10(13)6-9/h3-6H,7-8H2,1-2H3. The van der Waals surface area contributed by atoms with Gasteiger partial charge in [0.15, 0.2) is 0 Å². The Kier molecular flexibility index (Phi) is 2.93. The van der Waals surface area contributed by atoms with Crippen LogP contribution >= 0.6 is 15.9 Å². The van der Waals surface area contributed by atoms with Crippen LogP contribution in [-0.2, 0) is 10.2 Å². The summed E-state index contributed by atoms with van der Waals surface area (Å²) in [5, 5.41) is 0. The van der Waals surface area contributed by atoms with Crippen molar-refractivity contribution in [3.8, 4) is 0 Å². The van der Waals surface area contributed by atoms with Gasteiger partial charge in [0.25, 0.3) is 0 Å². The molecule has 1 aliphatic heterocycles. The van der Waals surface area contributed by atoms with Crippen molar-refractivity contribution in [3.05, 3.63) is 34.3 Å². The lowest BCUT2D eigenvalue weighted by molar-refractivity contribution is 0.0430. The van der Waals surface area contributed by atoms with Gasteiger partial charge in [-0.3, -0.25) is 0 Å². The van der Waals surface area contributed by atoms with Gasteiger partial charge in [0.2, 0.25) is 0 Å². The van der Waals surface area contributed by atoms with E-state index in [1.807, 2.05) is 12.1 Å². The van der Waals surface area contributed by atoms with Crippen LogP contribution in [0, 0.1) is 0 Å². The molecule has 3 nitrogen and oxygen atoms in total. The first-order valence-corrected chi connectivity index (χ1v) is 5.94. The molecule has 0 N–H and O–H groups in total. The highest BCUT2D eigenvalue weighted by Gasteiger charge is 2.36. The molecule has 1 atom stereocenters. The predicted molar refractivity (Wildman–Crippen MR) is 65.5 cm³/mol. The lowest BCUT2D eigenvalue weighted by Crippen LogP contribution is -2.49. The first-order valence-electron chi connectivity index (χ1n) is 5.15. The fraction of sp³-hybridized carbons (Fsp3) is 0.417. The number of cyclic esters (lactones) is 1. The maximum Gasteiger partial charge on any atom is 0.409 e. The molecule has 86 valence electrons. The summed E-state index contributed by atoms with van der Waals surface area (Å²) in [4.78, 5) is 12.9. The van der Waals surface area contributed by atoms with Crippen molar-refractivity contribution in [2.75, 3.05) is 20.2 Å². The second kappa shape index (κ2) is 4.09. The third kappa shape index (κ3) is 2.07. The summed E-state index contributed by atoms with van der Waals surface area (Å²) in [7, 11) is 1.76. The van der Waals surface area contributed by atoms with Gasteiger partial charge in [0.05, 0.1) is 0 Å². The molecule has 0 bridgehead atoms. The molecule has 0 radical (unpaired) electrons. The summed E-state index contributed by atoms with van der Waals surface area (Å²) >= 11 is 3.46. The van der Waals surface area contributed by atoms with E-state index in [0.717, 1.165) is 4.47 Å². The molecule has 2 rings (SSSR count). The summed E-state index contributed by atoms with van der Waals surface area (Å²) in [5.74, 6) is 0. The average molecular weight is 284 g/mol. The number of likely N-dealkylation sites (N-methyl/N-ethyl adjacent to an activating group) is 1. The number of carbonyl (C=O) groups is 1. The molecule has 1 amide bonds. The predicted octanol–water partition coefficient (Wildman–Crippen LogP) is 2.79. The van der Waals surface area contributed by atoms with Crippen molar-refractivity contribution in [2.24, 2.45) is 0 Å². The highest BCUT2D eigenvalue weighted by molar-refractivity contribution is 9.10. The second-order valence-electron chi connectivity index (χ2n) is 4.48. The molecule has 1 fully saturated rings. The maximum atomic E-state index is 11.3. The highest BCUT2D eigenvalue weighted by atomic mass is 79.9. The fourth-order valence-electron chi connectivity index (χ4n) is 2.00. The smallest absolute Gasteiger partial charge is 0.409 e. The minimum Gasteiger partial charge on any atom is -0.448 e. The van der Waals surface area contributed by atoms with Gasteiger partial charge in [0.1, 0.15) is 6.61 Å². The summed E-state index contributed by atoms with van der Waals surface area (Å²) in [6, 6.07) is 8.14. The molecule has 1 heterocycles. The molecule has 1 aliphatic rings. The fourth-order valence-corrected chi connectivity index (χ4v) is 2.40. The van der Waals surface area contributed by atoms with E-state index in [4.69, 9.17) is 4.74 Å². The van der Waals surface area contributed by atoms with Crippen LogP contribution in [0.3, 0.4) is 0 Å². The molecule has 0 aromatic heterocycles. The molecule has 0 spiro atoms. The Hall–Kier alpha value is -1.03. The summed E-state index contributed by atoms with van der Waals surface area (Å²) in [6.45, 7) is 3.23. The highest BCUT2D eigenvalue weighted by Crippen LogP contribution is 2.30. The molecule has 1 aromatic carbocycles. The Morgan fingerprint density at radius 1 is 1.50 bits per heavy atom. The van der Waals surface area contributed by atoms with E-state index >= 15 is 0 Å². The van der Waals surface area contributed by atoms with Gasteiger partial charge in [-0.1, -0.05) is 35.0 Å². The summed E-state index contributed by atoms with van der Waals surface area (Å²) in [5.41, 5.74) is 1.05. The van der Waals surface area contributed by atoms with Crippen molar-refractivity contribution in [1.29, 1.82) is 0 Å². The first kappa shape index (κ1) is 11.5. The van der Waals surface area contributed by atoms with Gasteiger partial charge >= 0.3 is 6.09 Å². The van der Waals surface area contributed by atoms with E-state index in [2.05, 4.69) is 35.0 Å². The van der Waals surface area contributed by atoms with Gasteiger partial charge in [-0.2, -0.15) is 0 Å².